The molecule has 0 bridgehead atoms. The Hall–Kier alpha value is -3.03. The highest BCUT2D eigenvalue weighted by Crippen LogP contribution is 2.15. The first-order valence-electron chi connectivity index (χ1n) is 6.69. The second-order valence-electron chi connectivity index (χ2n) is 4.89. The molecule has 1 fully saturated rings. The van der Waals surface area contributed by atoms with Crippen molar-refractivity contribution in [3.8, 4) is 0 Å². The summed E-state index contributed by atoms with van der Waals surface area (Å²) in [6, 6.07) is 3.20. The van der Waals surface area contributed by atoms with Gasteiger partial charge in [-0.15, -0.1) is 6.58 Å². The number of anilines is 1. The van der Waals surface area contributed by atoms with E-state index in [1.807, 2.05) is 0 Å². The van der Waals surface area contributed by atoms with Gasteiger partial charge in [-0.1, -0.05) is 12.1 Å². The van der Waals surface area contributed by atoms with Crippen LogP contribution in [0.5, 0.6) is 0 Å². The lowest BCUT2D eigenvalue weighted by atomic mass is 10.2. The number of rotatable bonds is 5. The molecule has 0 atom stereocenters. The van der Waals surface area contributed by atoms with Crippen molar-refractivity contribution in [1.82, 2.24) is 9.80 Å². The second kappa shape index (κ2) is 6.39. The fourth-order valence-electron chi connectivity index (χ4n) is 1.99. The van der Waals surface area contributed by atoms with Crippen LogP contribution in [0.1, 0.15) is 5.56 Å². The van der Waals surface area contributed by atoms with Crippen LogP contribution in [0.15, 0.2) is 30.9 Å². The molecule has 2 rings (SSSR count). The molecule has 1 saturated heterocycles. The minimum atomic E-state index is -1.08. The molecule has 1 aliphatic heterocycles. The van der Waals surface area contributed by atoms with E-state index in [-0.39, 0.29) is 12.2 Å². The molecule has 1 aromatic rings. The molecule has 7 nitrogen and oxygen atoms in total. The molecule has 0 spiro atoms. The lowest BCUT2D eigenvalue weighted by Gasteiger charge is -2.14. The molecule has 120 valence electrons. The predicted octanol–water partition coefficient (Wildman–Crippen LogP) is 1.05. The highest BCUT2D eigenvalue weighted by Gasteiger charge is 2.44. The topological polar surface area (TPSA) is 86.8 Å². The van der Waals surface area contributed by atoms with Crippen molar-refractivity contribution in [3.05, 3.63) is 42.2 Å². The maximum Gasteiger partial charge on any atom is 0.335 e. The number of hydrogen-bond donors (Lipinski definition) is 1. The summed E-state index contributed by atoms with van der Waals surface area (Å²) >= 11 is 0. The summed E-state index contributed by atoms with van der Waals surface area (Å²) in [7, 11) is 0. The van der Waals surface area contributed by atoms with E-state index in [0.29, 0.717) is 15.4 Å². The average Bonchev–Trinajstić information content (AvgIpc) is 2.69. The van der Waals surface area contributed by atoms with Gasteiger partial charge in [0, 0.05) is 12.2 Å². The van der Waals surface area contributed by atoms with Gasteiger partial charge in [0.05, 0.1) is 0 Å². The first-order chi connectivity index (χ1) is 10.8. The quantitative estimate of drug-likeness (QED) is 0.499. The van der Waals surface area contributed by atoms with E-state index in [1.165, 1.54) is 18.2 Å². The Morgan fingerprint density at radius 2 is 1.91 bits per heavy atom. The molecule has 0 unspecified atom stereocenters. The van der Waals surface area contributed by atoms with Crippen LogP contribution < -0.4 is 5.32 Å². The number of imide groups is 2. The van der Waals surface area contributed by atoms with Gasteiger partial charge in [-0.3, -0.25) is 19.3 Å². The van der Waals surface area contributed by atoms with Crippen molar-refractivity contribution >= 4 is 29.4 Å². The predicted molar refractivity (Wildman–Crippen MR) is 78.8 cm³/mol. The smallest absolute Gasteiger partial charge is 0.324 e. The van der Waals surface area contributed by atoms with E-state index < -0.39 is 36.1 Å². The minimum Gasteiger partial charge on any atom is -0.324 e. The molecular formula is C15H14FN3O4. The normalized spacial score (nSPS) is 14.4. The number of halogens is 1. The van der Waals surface area contributed by atoms with Gasteiger partial charge in [-0.25, -0.2) is 14.1 Å². The summed E-state index contributed by atoms with van der Waals surface area (Å²) in [4.78, 5) is 48.4. The van der Waals surface area contributed by atoms with Crippen LogP contribution in [0.4, 0.5) is 14.9 Å². The Morgan fingerprint density at radius 1 is 1.26 bits per heavy atom. The minimum absolute atomic E-state index is 0.120. The highest BCUT2D eigenvalue weighted by molar-refractivity contribution is 6.45. The molecule has 5 amide bonds. The third kappa shape index (κ3) is 3.25. The number of aryl methyl sites for hydroxylation is 1. The number of amides is 5. The Bertz CT molecular complexity index is 717. The molecule has 0 aliphatic carbocycles. The van der Waals surface area contributed by atoms with Crippen LogP contribution >= 0.6 is 0 Å². The molecule has 1 aliphatic rings. The zero-order valence-electron chi connectivity index (χ0n) is 12.3. The first kappa shape index (κ1) is 16.3. The molecular weight excluding hydrogens is 305 g/mol. The van der Waals surface area contributed by atoms with Crippen LogP contribution in [0.3, 0.4) is 0 Å². The van der Waals surface area contributed by atoms with Gasteiger partial charge < -0.3 is 5.32 Å². The molecule has 8 heteroatoms. The van der Waals surface area contributed by atoms with Crippen LogP contribution in [-0.4, -0.2) is 46.6 Å². The van der Waals surface area contributed by atoms with Crippen LogP contribution in [0.25, 0.3) is 0 Å². The largest absolute Gasteiger partial charge is 0.335 e. The second-order valence-corrected chi connectivity index (χ2v) is 4.89. The molecule has 0 aromatic heterocycles. The van der Waals surface area contributed by atoms with E-state index in [1.54, 1.807) is 6.92 Å². The summed E-state index contributed by atoms with van der Waals surface area (Å²) < 4.78 is 13.4. The van der Waals surface area contributed by atoms with Gasteiger partial charge in [0.1, 0.15) is 12.4 Å². The fourth-order valence-corrected chi connectivity index (χ4v) is 1.99. The summed E-state index contributed by atoms with van der Waals surface area (Å²) in [5.41, 5.74) is 0.602. The van der Waals surface area contributed by atoms with E-state index in [9.17, 15) is 23.6 Å². The molecule has 0 radical (unpaired) electrons. The number of nitrogens with one attached hydrogen (secondary N) is 1. The van der Waals surface area contributed by atoms with Crippen molar-refractivity contribution in [3.63, 3.8) is 0 Å². The standard InChI is InChI=1S/C15H14FN3O4/c1-3-6-18-13(21)14(22)19(15(18)23)8-12(20)17-10-5-4-9(2)11(16)7-10/h3-5,7H,1,6,8H2,2H3,(H,17,20). The van der Waals surface area contributed by atoms with Crippen LogP contribution in [0, 0.1) is 12.7 Å². The number of urea groups is 1. The number of benzene rings is 1. The maximum atomic E-state index is 13.4. The van der Waals surface area contributed by atoms with Gasteiger partial charge in [0.2, 0.25) is 5.91 Å². The van der Waals surface area contributed by atoms with Gasteiger partial charge in [-0.2, -0.15) is 0 Å². The third-order valence-electron chi connectivity index (χ3n) is 3.20. The summed E-state index contributed by atoms with van der Waals surface area (Å²) in [6.45, 7) is 4.20. The lowest BCUT2D eigenvalue weighted by molar-refractivity contribution is -0.143. The van der Waals surface area contributed by atoms with Gasteiger partial charge >= 0.3 is 17.8 Å². The molecule has 23 heavy (non-hydrogen) atoms. The van der Waals surface area contributed by atoms with Crippen molar-refractivity contribution in [2.24, 2.45) is 0 Å². The SMILES string of the molecule is C=CCN1C(=O)C(=O)N(CC(=O)Nc2ccc(C)c(F)c2)C1=O. The zero-order chi connectivity index (χ0) is 17.1. The van der Waals surface area contributed by atoms with Gasteiger partial charge in [0.15, 0.2) is 0 Å². The Morgan fingerprint density at radius 3 is 2.52 bits per heavy atom. The number of hydrogen-bond acceptors (Lipinski definition) is 4. The number of carbonyl (C=O) groups is 4. The van der Waals surface area contributed by atoms with Crippen molar-refractivity contribution in [2.75, 3.05) is 18.4 Å². The van der Waals surface area contributed by atoms with E-state index in [2.05, 4.69) is 11.9 Å². The molecule has 1 heterocycles. The highest BCUT2D eigenvalue weighted by atomic mass is 19.1. The number of carbonyl (C=O) groups excluding carboxylic acids is 4. The Kier molecular flexibility index (Phi) is 4.54. The van der Waals surface area contributed by atoms with E-state index in [0.717, 1.165) is 6.07 Å². The molecule has 0 saturated carbocycles. The Labute approximate surface area is 131 Å². The summed E-state index contributed by atoms with van der Waals surface area (Å²) in [6.07, 6.45) is 1.29. The Balaban J connectivity index is 2.06. The summed E-state index contributed by atoms with van der Waals surface area (Å²) in [5, 5.41) is 2.36. The summed E-state index contributed by atoms with van der Waals surface area (Å²) in [5.74, 6) is -3.31. The van der Waals surface area contributed by atoms with Crippen molar-refractivity contribution in [2.45, 2.75) is 6.92 Å². The fraction of sp³-hybridized carbons (Fsp3) is 0.200. The van der Waals surface area contributed by atoms with Gasteiger partial charge in [0.25, 0.3) is 0 Å². The van der Waals surface area contributed by atoms with Crippen LogP contribution in [0.2, 0.25) is 0 Å². The molecule has 1 N–H and O–H groups in total. The van der Waals surface area contributed by atoms with Crippen molar-refractivity contribution in [1.29, 1.82) is 0 Å². The number of nitrogens with zero attached hydrogens (tertiary/aromatic N) is 2. The van der Waals surface area contributed by atoms with Crippen LogP contribution in [-0.2, 0) is 14.4 Å². The maximum absolute atomic E-state index is 13.4. The van der Waals surface area contributed by atoms with E-state index in [4.69, 9.17) is 0 Å². The first-order valence-corrected chi connectivity index (χ1v) is 6.69. The van der Waals surface area contributed by atoms with Crippen molar-refractivity contribution < 1.29 is 23.6 Å². The lowest BCUT2D eigenvalue weighted by Crippen LogP contribution is -2.39. The zero-order valence-corrected chi connectivity index (χ0v) is 12.3. The average molecular weight is 319 g/mol. The third-order valence-corrected chi connectivity index (χ3v) is 3.20. The van der Waals surface area contributed by atoms with E-state index >= 15 is 0 Å². The molecule has 1 aromatic carbocycles. The monoisotopic (exact) mass is 319 g/mol. The van der Waals surface area contributed by atoms with Gasteiger partial charge in [-0.05, 0) is 24.6 Å².